The minimum Gasteiger partial charge on any atom is -0.497 e. The fraction of sp³-hybridized carbons (Fsp3) is 0.385. The standard InChI is InChI=1S/C26H30N2O5/c1-31-21-7-4-19(5-8-21)6-11-25(29)27-12-3-13-28(15-14-27)26(30)16-20-18-33-24-17-22(32-2)9-10-23(20)24/h4-5,7-10,17-18H,3,6,11-16H2,1-2H3. The third-order valence-electron chi connectivity index (χ3n) is 6.19. The summed E-state index contributed by atoms with van der Waals surface area (Å²) in [5.74, 6) is 1.72. The van der Waals surface area contributed by atoms with Gasteiger partial charge in [0.2, 0.25) is 11.8 Å². The van der Waals surface area contributed by atoms with Crippen LogP contribution in [0.1, 0.15) is 24.0 Å². The van der Waals surface area contributed by atoms with Crippen LogP contribution >= 0.6 is 0 Å². The molecule has 1 fully saturated rings. The number of amides is 2. The first kappa shape index (κ1) is 22.7. The quantitative estimate of drug-likeness (QED) is 0.549. The average Bonchev–Trinajstić information content (AvgIpc) is 3.07. The predicted molar refractivity (Wildman–Crippen MR) is 126 cm³/mol. The number of hydrogen-bond donors (Lipinski definition) is 0. The maximum absolute atomic E-state index is 13.0. The molecule has 2 aromatic carbocycles. The minimum atomic E-state index is 0.0565. The van der Waals surface area contributed by atoms with E-state index in [1.165, 1.54) is 0 Å². The Balaban J connectivity index is 1.30. The van der Waals surface area contributed by atoms with E-state index in [-0.39, 0.29) is 18.2 Å². The summed E-state index contributed by atoms with van der Waals surface area (Å²) in [7, 11) is 3.25. The number of rotatable bonds is 7. The van der Waals surface area contributed by atoms with Crippen molar-refractivity contribution in [3.05, 3.63) is 59.9 Å². The van der Waals surface area contributed by atoms with Crippen LogP contribution in [0.4, 0.5) is 0 Å². The second-order valence-electron chi connectivity index (χ2n) is 8.26. The second-order valence-corrected chi connectivity index (χ2v) is 8.26. The van der Waals surface area contributed by atoms with Gasteiger partial charge in [0.15, 0.2) is 0 Å². The molecule has 1 aliphatic heterocycles. The summed E-state index contributed by atoms with van der Waals surface area (Å²) < 4.78 is 16.0. The molecule has 0 spiro atoms. The maximum atomic E-state index is 13.0. The number of hydrogen-bond acceptors (Lipinski definition) is 5. The first-order valence-electron chi connectivity index (χ1n) is 11.3. The highest BCUT2D eigenvalue weighted by molar-refractivity contribution is 5.88. The molecule has 1 aromatic heterocycles. The van der Waals surface area contributed by atoms with Gasteiger partial charge < -0.3 is 23.7 Å². The van der Waals surface area contributed by atoms with Gasteiger partial charge in [0, 0.05) is 49.6 Å². The Morgan fingerprint density at radius 2 is 1.55 bits per heavy atom. The van der Waals surface area contributed by atoms with Crippen molar-refractivity contribution in [2.75, 3.05) is 40.4 Å². The lowest BCUT2D eigenvalue weighted by Crippen LogP contribution is -2.38. The molecule has 174 valence electrons. The van der Waals surface area contributed by atoms with Crippen LogP contribution in [0, 0.1) is 0 Å². The van der Waals surface area contributed by atoms with Crippen molar-refractivity contribution >= 4 is 22.8 Å². The minimum absolute atomic E-state index is 0.0565. The molecule has 0 radical (unpaired) electrons. The molecule has 33 heavy (non-hydrogen) atoms. The van der Waals surface area contributed by atoms with Crippen LogP contribution < -0.4 is 9.47 Å². The summed E-state index contributed by atoms with van der Waals surface area (Å²) in [4.78, 5) is 29.5. The van der Waals surface area contributed by atoms with E-state index in [4.69, 9.17) is 13.9 Å². The van der Waals surface area contributed by atoms with Gasteiger partial charge in [0.1, 0.15) is 17.1 Å². The molecular weight excluding hydrogens is 420 g/mol. The number of methoxy groups -OCH3 is 2. The summed E-state index contributed by atoms with van der Waals surface area (Å²) >= 11 is 0. The first-order valence-corrected chi connectivity index (χ1v) is 11.3. The van der Waals surface area contributed by atoms with Crippen LogP contribution in [-0.4, -0.2) is 62.0 Å². The predicted octanol–water partition coefficient (Wildman–Crippen LogP) is 3.69. The van der Waals surface area contributed by atoms with Gasteiger partial charge in [-0.1, -0.05) is 12.1 Å². The highest BCUT2D eigenvalue weighted by Gasteiger charge is 2.23. The van der Waals surface area contributed by atoms with Gasteiger partial charge in [-0.2, -0.15) is 0 Å². The number of carbonyl (C=O) groups is 2. The Hall–Kier alpha value is -3.48. The fourth-order valence-electron chi connectivity index (χ4n) is 4.22. The van der Waals surface area contributed by atoms with E-state index in [1.807, 2.05) is 52.3 Å². The molecule has 0 atom stereocenters. The molecule has 0 bridgehead atoms. The Morgan fingerprint density at radius 1 is 0.879 bits per heavy atom. The summed E-state index contributed by atoms with van der Waals surface area (Å²) in [6, 6.07) is 13.4. The van der Waals surface area contributed by atoms with E-state index in [1.54, 1.807) is 20.5 Å². The zero-order valence-electron chi connectivity index (χ0n) is 19.2. The largest absolute Gasteiger partial charge is 0.497 e. The van der Waals surface area contributed by atoms with E-state index < -0.39 is 0 Å². The molecule has 7 heteroatoms. The third-order valence-corrected chi connectivity index (χ3v) is 6.19. The molecule has 0 saturated carbocycles. The van der Waals surface area contributed by atoms with Gasteiger partial charge in [0.25, 0.3) is 0 Å². The van der Waals surface area contributed by atoms with Gasteiger partial charge in [-0.25, -0.2) is 0 Å². The Labute approximate surface area is 193 Å². The van der Waals surface area contributed by atoms with Crippen LogP contribution in [0.2, 0.25) is 0 Å². The van der Waals surface area contributed by atoms with Crippen LogP contribution in [0.25, 0.3) is 11.0 Å². The van der Waals surface area contributed by atoms with E-state index >= 15 is 0 Å². The van der Waals surface area contributed by atoms with Crippen molar-refractivity contribution in [1.82, 2.24) is 9.80 Å². The molecule has 2 heterocycles. The van der Waals surface area contributed by atoms with Gasteiger partial charge in [-0.3, -0.25) is 9.59 Å². The van der Waals surface area contributed by atoms with Crippen molar-refractivity contribution in [3.63, 3.8) is 0 Å². The maximum Gasteiger partial charge on any atom is 0.227 e. The summed E-state index contributed by atoms with van der Waals surface area (Å²) in [6.07, 6.45) is 3.87. The number of fused-ring (bicyclic) bond motifs is 1. The van der Waals surface area contributed by atoms with Crippen molar-refractivity contribution in [2.24, 2.45) is 0 Å². The van der Waals surface area contributed by atoms with Crippen molar-refractivity contribution in [1.29, 1.82) is 0 Å². The van der Waals surface area contributed by atoms with Crippen molar-refractivity contribution in [2.45, 2.75) is 25.7 Å². The van der Waals surface area contributed by atoms with E-state index in [0.29, 0.717) is 44.6 Å². The second kappa shape index (κ2) is 10.4. The smallest absolute Gasteiger partial charge is 0.227 e. The number of nitrogens with zero attached hydrogens (tertiary/aromatic N) is 2. The Kier molecular flexibility index (Phi) is 7.17. The van der Waals surface area contributed by atoms with Crippen LogP contribution in [0.5, 0.6) is 11.5 Å². The Morgan fingerprint density at radius 3 is 2.24 bits per heavy atom. The molecule has 4 rings (SSSR count). The normalized spacial score (nSPS) is 14.2. The van der Waals surface area contributed by atoms with Gasteiger partial charge >= 0.3 is 0 Å². The summed E-state index contributed by atoms with van der Waals surface area (Å²) in [5, 5.41) is 0.925. The molecule has 0 N–H and O–H groups in total. The summed E-state index contributed by atoms with van der Waals surface area (Å²) in [6.45, 7) is 2.46. The van der Waals surface area contributed by atoms with Crippen LogP contribution in [0.15, 0.2) is 53.1 Å². The number of benzene rings is 2. The monoisotopic (exact) mass is 450 g/mol. The van der Waals surface area contributed by atoms with Crippen LogP contribution in [-0.2, 0) is 22.4 Å². The molecule has 0 aliphatic carbocycles. The summed E-state index contributed by atoms with van der Waals surface area (Å²) in [5.41, 5.74) is 2.69. The highest BCUT2D eigenvalue weighted by atomic mass is 16.5. The molecule has 2 amide bonds. The number of aryl methyl sites for hydroxylation is 1. The third kappa shape index (κ3) is 5.48. The number of carbonyl (C=O) groups excluding carboxylic acids is 2. The van der Waals surface area contributed by atoms with Crippen LogP contribution in [0.3, 0.4) is 0 Å². The van der Waals surface area contributed by atoms with Gasteiger partial charge in [-0.15, -0.1) is 0 Å². The number of ether oxygens (including phenoxy) is 2. The zero-order valence-corrected chi connectivity index (χ0v) is 19.2. The first-order chi connectivity index (χ1) is 16.1. The lowest BCUT2D eigenvalue weighted by Gasteiger charge is -2.22. The van der Waals surface area contributed by atoms with Crippen molar-refractivity contribution in [3.8, 4) is 11.5 Å². The molecule has 1 aliphatic rings. The molecule has 1 saturated heterocycles. The van der Waals surface area contributed by atoms with Crippen molar-refractivity contribution < 1.29 is 23.5 Å². The van der Waals surface area contributed by atoms with Gasteiger partial charge in [0.05, 0.1) is 26.9 Å². The topological polar surface area (TPSA) is 72.2 Å². The molecular formula is C26H30N2O5. The zero-order chi connectivity index (χ0) is 23.2. The van der Waals surface area contributed by atoms with E-state index in [2.05, 4.69) is 0 Å². The van der Waals surface area contributed by atoms with E-state index in [0.717, 1.165) is 34.4 Å². The molecule has 0 unspecified atom stereocenters. The van der Waals surface area contributed by atoms with E-state index in [9.17, 15) is 9.59 Å². The lowest BCUT2D eigenvalue weighted by molar-refractivity contribution is -0.133. The molecule has 3 aromatic rings. The lowest BCUT2D eigenvalue weighted by atomic mass is 10.1. The fourth-order valence-corrected chi connectivity index (χ4v) is 4.22. The Bertz CT molecular complexity index is 1110. The highest BCUT2D eigenvalue weighted by Crippen LogP contribution is 2.26. The van der Waals surface area contributed by atoms with Gasteiger partial charge in [-0.05, 0) is 42.7 Å². The SMILES string of the molecule is COc1ccc(CCC(=O)N2CCCN(C(=O)Cc3coc4cc(OC)ccc34)CC2)cc1. The molecule has 7 nitrogen and oxygen atoms in total. The average molecular weight is 451 g/mol. The number of furan rings is 1.